The Morgan fingerprint density at radius 1 is 0.595 bits per heavy atom. The summed E-state index contributed by atoms with van der Waals surface area (Å²) >= 11 is 0. The first kappa shape index (κ1) is 26.6. The lowest BCUT2D eigenvalue weighted by molar-refractivity contribution is -0.0738. The third-order valence-corrected chi connectivity index (χ3v) is 7.22. The molecule has 37 heavy (non-hydrogen) atoms. The first-order valence-electron chi connectivity index (χ1n) is 12.7. The molecule has 4 aromatic carbocycles. The molecule has 1 atom stereocenters. The maximum atomic E-state index is 10.5. The highest BCUT2D eigenvalue weighted by atomic mass is 16.5. The van der Waals surface area contributed by atoms with Crippen LogP contribution >= 0.6 is 0 Å². The molecular formula is C33H36O4. The van der Waals surface area contributed by atoms with E-state index in [9.17, 15) is 15.3 Å². The molecule has 0 aliphatic heterocycles. The van der Waals surface area contributed by atoms with Crippen LogP contribution < -0.4 is 4.74 Å². The van der Waals surface area contributed by atoms with E-state index in [1.165, 1.54) is 11.1 Å². The number of aryl methyl sites for hydroxylation is 4. The second-order valence-electron chi connectivity index (χ2n) is 10.1. The van der Waals surface area contributed by atoms with Crippen molar-refractivity contribution < 1.29 is 20.1 Å². The minimum Gasteiger partial charge on any atom is -0.484 e. The van der Waals surface area contributed by atoms with Crippen molar-refractivity contribution in [3.8, 4) is 28.0 Å². The predicted octanol–water partition coefficient (Wildman–Crippen LogP) is 6.34. The molecule has 0 saturated carbocycles. The van der Waals surface area contributed by atoms with Crippen molar-refractivity contribution in [2.75, 3.05) is 19.8 Å². The van der Waals surface area contributed by atoms with Crippen LogP contribution in [0.5, 0.6) is 5.75 Å². The second-order valence-corrected chi connectivity index (χ2v) is 10.1. The van der Waals surface area contributed by atoms with E-state index in [1.54, 1.807) is 0 Å². The Hall–Kier alpha value is -3.44. The first-order chi connectivity index (χ1) is 17.8. The minimum absolute atomic E-state index is 0.447. The summed E-state index contributed by atoms with van der Waals surface area (Å²) in [5.41, 5.74) is 8.01. The smallest absolute Gasteiger partial charge is 0.137 e. The van der Waals surface area contributed by atoms with Crippen LogP contribution in [0.15, 0.2) is 84.9 Å². The molecule has 1 unspecified atom stereocenters. The largest absolute Gasteiger partial charge is 0.484 e. The van der Waals surface area contributed by atoms with Crippen LogP contribution in [0.4, 0.5) is 0 Å². The zero-order chi connectivity index (χ0) is 26.6. The molecule has 0 saturated heterocycles. The van der Waals surface area contributed by atoms with Crippen LogP contribution in [0.25, 0.3) is 22.3 Å². The molecule has 4 nitrogen and oxygen atoms in total. The van der Waals surface area contributed by atoms with E-state index in [0.717, 1.165) is 38.9 Å². The third kappa shape index (κ3) is 5.33. The summed E-state index contributed by atoms with van der Waals surface area (Å²) in [6.07, 6.45) is -0.823. The van der Waals surface area contributed by atoms with Gasteiger partial charge >= 0.3 is 0 Å². The van der Waals surface area contributed by atoms with Crippen molar-refractivity contribution >= 4 is 0 Å². The molecular weight excluding hydrogens is 460 g/mol. The molecule has 4 rings (SSSR count). The number of aliphatic hydroxyl groups excluding tert-OH is 3. The summed E-state index contributed by atoms with van der Waals surface area (Å²) in [6, 6.07) is 28.3. The fourth-order valence-corrected chi connectivity index (χ4v) is 5.04. The van der Waals surface area contributed by atoms with E-state index >= 15 is 0 Å². The lowest BCUT2D eigenvalue weighted by Gasteiger charge is -2.38. The minimum atomic E-state index is -1.32. The monoisotopic (exact) mass is 496 g/mol. The van der Waals surface area contributed by atoms with E-state index in [0.29, 0.717) is 5.75 Å². The van der Waals surface area contributed by atoms with Gasteiger partial charge in [-0.2, -0.15) is 0 Å². The van der Waals surface area contributed by atoms with Crippen molar-refractivity contribution in [3.05, 3.63) is 113 Å². The Labute approximate surface area is 219 Å². The molecule has 0 heterocycles. The summed E-state index contributed by atoms with van der Waals surface area (Å²) < 4.78 is 6.76. The summed E-state index contributed by atoms with van der Waals surface area (Å²) in [5, 5.41) is 31.5. The fraction of sp³-hybridized carbons (Fsp3) is 0.273. The van der Waals surface area contributed by atoms with Crippen LogP contribution in [-0.4, -0.2) is 35.1 Å². The van der Waals surface area contributed by atoms with Gasteiger partial charge in [-0.15, -0.1) is 0 Å². The highest BCUT2D eigenvalue weighted by molar-refractivity contribution is 5.74. The summed E-state index contributed by atoms with van der Waals surface area (Å²) in [7, 11) is 0. The van der Waals surface area contributed by atoms with Gasteiger partial charge in [0.2, 0.25) is 0 Å². The Balaban J connectivity index is 1.91. The topological polar surface area (TPSA) is 69.9 Å². The van der Waals surface area contributed by atoms with Gasteiger partial charge in [-0.3, -0.25) is 0 Å². The zero-order valence-electron chi connectivity index (χ0n) is 22.0. The van der Waals surface area contributed by atoms with Gasteiger partial charge in [-0.25, -0.2) is 0 Å². The van der Waals surface area contributed by atoms with Gasteiger partial charge in [0.05, 0.1) is 25.2 Å². The van der Waals surface area contributed by atoms with Gasteiger partial charge in [0.15, 0.2) is 0 Å². The lowest BCUT2D eigenvalue weighted by Crippen LogP contribution is -2.43. The van der Waals surface area contributed by atoms with Crippen LogP contribution in [0.3, 0.4) is 0 Å². The lowest BCUT2D eigenvalue weighted by atomic mass is 9.78. The maximum absolute atomic E-state index is 10.5. The van der Waals surface area contributed by atoms with E-state index in [-0.39, 0.29) is 0 Å². The van der Waals surface area contributed by atoms with Gasteiger partial charge in [0.25, 0.3) is 0 Å². The van der Waals surface area contributed by atoms with E-state index in [2.05, 4.69) is 64.1 Å². The van der Waals surface area contributed by atoms with Crippen LogP contribution in [0.1, 0.15) is 33.9 Å². The molecule has 0 spiro atoms. The predicted molar refractivity (Wildman–Crippen MR) is 150 cm³/mol. The van der Waals surface area contributed by atoms with Gasteiger partial charge in [-0.05, 0) is 61.6 Å². The molecule has 0 aliphatic carbocycles. The van der Waals surface area contributed by atoms with Crippen molar-refractivity contribution in [2.45, 2.75) is 33.8 Å². The zero-order valence-corrected chi connectivity index (χ0v) is 22.0. The first-order valence-corrected chi connectivity index (χ1v) is 12.7. The van der Waals surface area contributed by atoms with Gasteiger partial charge in [0.1, 0.15) is 11.9 Å². The second kappa shape index (κ2) is 11.3. The summed E-state index contributed by atoms with van der Waals surface area (Å²) in [4.78, 5) is 0. The molecule has 192 valence electrons. The number of rotatable bonds is 9. The van der Waals surface area contributed by atoms with Crippen LogP contribution in [0.2, 0.25) is 0 Å². The number of ether oxygens (including phenoxy) is 1. The van der Waals surface area contributed by atoms with Crippen molar-refractivity contribution in [2.24, 2.45) is 5.41 Å². The van der Waals surface area contributed by atoms with Crippen molar-refractivity contribution in [1.29, 1.82) is 0 Å². The molecule has 0 amide bonds. The molecule has 0 fully saturated rings. The van der Waals surface area contributed by atoms with Crippen LogP contribution in [0, 0.1) is 33.1 Å². The number of aliphatic hydroxyl groups is 3. The average Bonchev–Trinajstić information content (AvgIpc) is 2.90. The number of hydrogen-bond acceptors (Lipinski definition) is 4. The Morgan fingerprint density at radius 3 is 1.62 bits per heavy atom. The average molecular weight is 497 g/mol. The van der Waals surface area contributed by atoms with Gasteiger partial charge < -0.3 is 20.1 Å². The highest BCUT2D eigenvalue weighted by Gasteiger charge is 2.42. The summed E-state index contributed by atoms with van der Waals surface area (Å²) in [6.45, 7) is 6.93. The quantitative estimate of drug-likeness (QED) is 0.253. The number of hydrogen-bond donors (Lipinski definition) is 3. The van der Waals surface area contributed by atoms with Crippen LogP contribution in [-0.2, 0) is 0 Å². The maximum Gasteiger partial charge on any atom is 0.137 e. The molecule has 4 heteroatoms. The molecule has 4 aromatic rings. The van der Waals surface area contributed by atoms with Gasteiger partial charge in [0, 0.05) is 11.1 Å². The van der Waals surface area contributed by atoms with E-state index < -0.39 is 31.3 Å². The number of para-hydroxylation sites is 1. The van der Waals surface area contributed by atoms with Gasteiger partial charge in [-0.1, -0.05) is 90.0 Å². The molecule has 0 aliphatic rings. The van der Waals surface area contributed by atoms with Crippen molar-refractivity contribution in [1.82, 2.24) is 0 Å². The SMILES string of the molecule is Cc1ccc(-c2ccccc2OC(c2ccccc2-c2ccc(C)cc2C)C(CO)(CO)CO)c(C)c1. The molecule has 0 aromatic heterocycles. The Kier molecular flexibility index (Phi) is 8.13. The number of benzene rings is 4. The third-order valence-electron chi connectivity index (χ3n) is 7.22. The Morgan fingerprint density at radius 2 is 1.08 bits per heavy atom. The fourth-order valence-electron chi connectivity index (χ4n) is 5.04. The highest BCUT2D eigenvalue weighted by Crippen LogP contribution is 2.44. The molecule has 0 bridgehead atoms. The standard InChI is InChI=1S/C33H36O4/c1-22-13-15-26(24(3)17-22)28-9-5-6-11-30(28)32(33(19-34,20-35)21-36)37-31-12-8-7-10-29(31)27-16-14-23(2)18-25(27)4/h5-18,32,34-36H,19-21H2,1-4H3. The summed E-state index contributed by atoms with van der Waals surface area (Å²) in [5.74, 6) is 0.620. The molecule has 0 radical (unpaired) electrons. The van der Waals surface area contributed by atoms with E-state index in [1.807, 2.05) is 48.5 Å². The van der Waals surface area contributed by atoms with Crippen molar-refractivity contribution in [3.63, 3.8) is 0 Å². The Bertz CT molecular complexity index is 1360. The molecule has 3 N–H and O–H groups in total. The van der Waals surface area contributed by atoms with E-state index in [4.69, 9.17) is 4.74 Å². The normalized spacial score (nSPS) is 12.4.